The van der Waals surface area contributed by atoms with Crippen LogP contribution in [0, 0.1) is 5.92 Å². The van der Waals surface area contributed by atoms with Crippen LogP contribution in [0.3, 0.4) is 0 Å². The van der Waals surface area contributed by atoms with Gasteiger partial charge in [0.15, 0.2) is 0 Å². The Morgan fingerprint density at radius 2 is 0.970 bits per heavy atom. The summed E-state index contributed by atoms with van der Waals surface area (Å²) in [6, 6.07) is 0. The summed E-state index contributed by atoms with van der Waals surface area (Å²) in [4.78, 5) is 12.6. The molecule has 2 heteroatoms. The molecule has 0 N–H and O–H groups in total. The molecule has 1 unspecified atom stereocenters. The van der Waals surface area contributed by atoms with Crippen LogP contribution in [-0.2, 0) is 4.79 Å². The van der Waals surface area contributed by atoms with E-state index in [1.165, 1.54) is 141 Å². The van der Waals surface area contributed by atoms with E-state index in [4.69, 9.17) is 0 Å². The second-order valence-corrected chi connectivity index (χ2v) is 10.7. The lowest BCUT2D eigenvalue weighted by atomic mass is 9.91. The summed E-state index contributed by atoms with van der Waals surface area (Å²) in [6.07, 6.45) is 36.7. The molecule has 0 fully saturated rings. The number of hydrogen-bond acceptors (Lipinski definition) is 2. The number of hydrogen-bond donors (Lipinski definition) is 0. The molecule has 0 amide bonds. The number of carbonyl (C=O) groups is 1. The Kier molecular flexibility index (Phi) is 27.1. The van der Waals surface area contributed by atoms with E-state index in [0.717, 1.165) is 25.0 Å². The molecular formula is C31H61NO. The van der Waals surface area contributed by atoms with Gasteiger partial charge in [-0.2, -0.15) is 0 Å². The predicted molar refractivity (Wildman–Crippen MR) is 149 cm³/mol. The quantitative estimate of drug-likeness (QED) is 0.0686. The smallest absolute Gasteiger partial charge is 0.119 e. The highest BCUT2D eigenvalue weighted by molar-refractivity contribution is 5.48. The Hall–Kier alpha value is -0.630. The summed E-state index contributed by atoms with van der Waals surface area (Å²) >= 11 is 0. The number of carbonyl (C=O) groups excluding carboxylic acids is 1. The van der Waals surface area contributed by atoms with Crippen molar-refractivity contribution in [2.75, 3.05) is 20.6 Å². The van der Waals surface area contributed by atoms with Gasteiger partial charge in [0.1, 0.15) is 6.29 Å². The number of nitrogens with zero attached hydrogens (tertiary/aromatic N) is 1. The van der Waals surface area contributed by atoms with E-state index in [2.05, 4.69) is 38.1 Å². The number of allylic oxidation sites excluding steroid dienone is 2. The van der Waals surface area contributed by atoms with Crippen LogP contribution >= 0.6 is 0 Å². The molecule has 0 saturated carbocycles. The molecule has 1 atom stereocenters. The zero-order chi connectivity index (χ0) is 24.2. The van der Waals surface area contributed by atoms with Gasteiger partial charge in [-0.25, -0.2) is 0 Å². The minimum Gasteiger partial charge on any atom is -0.309 e. The van der Waals surface area contributed by atoms with Crippen LogP contribution in [-0.4, -0.2) is 31.8 Å². The molecule has 0 aliphatic rings. The van der Waals surface area contributed by atoms with Crippen molar-refractivity contribution in [2.45, 2.75) is 155 Å². The molecule has 196 valence electrons. The maximum atomic E-state index is 10.3. The molecule has 0 radical (unpaired) electrons. The summed E-state index contributed by atoms with van der Waals surface area (Å²) in [6.45, 7) is 3.56. The topological polar surface area (TPSA) is 20.3 Å². The minimum atomic E-state index is 0.736. The van der Waals surface area contributed by atoms with E-state index >= 15 is 0 Å². The van der Waals surface area contributed by atoms with Crippen LogP contribution in [0.25, 0.3) is 0 Å². The lowest BCUT2D eigenvalue weighted by Crippen LogP contribution is -2.17. The fraction of sp³-hybridized carbons (Fsp3) is 0.903. The van der Waals surface area contributed by atoms with Gasteiger partial charge < -0.3 is 9.69 Å². The molecule has 2 nitrogen and oxygen atoms in total. The van der Waals surface area contributed by atoms with Gasteiger partial charge in [0.2, 0.25) is 0 Å². The predicted octanol–water partition coefficient (Wildman–Crippen LogP) is 9.91. The van der Waals surface area contributed by atoms with Gasteiger partial charge in [0.05, 0.1) is 0 Å². The summed E-state index contributed by atoms with van der Waals surface area (Å²) in [5.74, 6) is 0.958. The first-order valence-corrected chi connectivity index (χ1v) is 14.9. The first-order valence-electron chi connectivity index (χ1n) is 14.9. The molecule has 0 heterocycles. The molecule has 0 spiro atoms. The van der Waals surface area contributed by atoms with Crippen LogP contribution < -0.4 is 0 Å². The first-order chi connectivity index (χ1) is 16.2. The van der Waals surface area contributed by atoms with Crippen molar-refractivity contribution >= 4 is 6.29 Å². The summed E-state index contributed by atoms with van der Waals surface area (Å²) in [7, 11) is 4.44. The van der Waals surface area contributed by atoms with Gasteiger partial charge in [-0.15, -0.1) is 0 Å². The molecule has 0 bridgehead atoms. The van der Waals surface area contributed by atoms with Crippen LogP contribution in [0.4, 0.5) is 0 Å². The van der Waals surface area contributed by atoms with Crippen molar-refractivity contribution in [1.29, 1.82) is 0 Å². The van der Waals surface area contributed by atoms with Gasteiger partial charge in [0.25, 0.3) is 0 Å². The average Bonchev–Trinajstić information content (AvgIpc) is 2.81. The van der Waals surface area contributed by atoms with E-state index in [1.807, 2.05) is 0 Å². The molecule has 33 heavy (non-hydrogen) atoms. The van der Waals surface area contributed by atoms with E-state index in [0.29, 0.717) is 0 Å². The van der Waals surface area contributed by atoms with E-state index < -0.39 is 0 Å². The highest BCUT2D eigenvalue weighted by Crippen LogP contribution is 2.22. The average molecular weight is 464 g/mol. The number of rotatable bonds is 27. The summed E-state index contributed by atoms with van der Waals surface area (Å²) in [5.41, 5.74) is 0. The first kappa shape index (κ1) is 32.4. The fourth-order valence-electron chi connectivity index (χ4n) is 4.75. The summed E-state index contributed by atoms with van der Waals surface area (Å²) in [5, 5.41) is 0. The molecule has 0 aliphatic heterocycles. The largest absolute Gasteiger partial charge is 0.309 e. The Labute approximate surface area is 209 Å². The molecule has 0 aromatic carbocycles. The molecule has 0 aromatic heterocycles. The molecular weight excluding hydrogens is 402 g/mol. The van der Waals surface area contributed by atoms with E-state index in [-0.39, 0.29) is 0 Å². The lowest BCUT2D eigenvalue weighted by Gasteiger charge is -2.19. The monoisotopic (exact) mass is 463 g/mol. The lowest BCUT2D eigenvalue weighted by molar-refractivity contribution is -0.107. The molecule has 0 aromatic rings. The summed E-state index contributed by atoms with van der Waals surface area (Å²) < 4.78 is 0. The number of unbranched alkanes of at least 4 members (excludes halogenated alkanes) is 17. The zero-order valence-corrected chi connectivity index (χ0v) is 23.1. The Bertz CT molecular complexity index is 404. The van der Waals surface area contributed by atoms with Crippen molar-refractivity contribution in [3.8, 4) is 0 Å². The Balaban J connectivity index is 3.59. The van der Waals surface area contributed by atoms with E-state index in [1.54, 1.807) is 0 Å². The van der Waals surface area contributed by atoms with Crippen LogP contribution in [0.15, 0.2) is 12.2 Å². The van der Waals surface area contributed by atoms with Crippen LogP contribution in [0.1, 0.15) is 155 Å². The van der Waals surface area contributed by atoms with Gasteiger partial charge >= 0.3 is 0 Å². The minimum absolute atomic E-state index is 0.736. The highest BCUT2D eigenvalue weighted by atomic mass is 16.1. The second-order valence-electron chi connectivity index (χ2n) is 10.7. The second kappa shape index (κ2) is 27.6. The normalized spacial score (nSPS) is 12.7. The van der Waals surface area contributed by atoms with Gasteiger partial charge in [-0.05, 0) is 65.1 Å². The zero-order valence-electron chi connectivity index (χ0n) is 23.1. The Morgan fingerprint density at radius 1 is 0.545 bits per heavy atom. The molecule has 0 rings (SSSR count). The maximum absolute atomic E-state index is 10.3. The third kappa shape index (κ3) is 27.5. The van der Waals surface area contributed by atoms with Crippen LogP contribution in [0.2, 0.25) is 0 Å². The van der Waals surface area contributed by atoms with Gasteiger partial charge in [-0.1, -0.05) is 122 Å². The molecule has 0 saturated heterocycles. The number of aldehydes is 1. The van der Waals surface area contributed by atoms with Crippen molar-refractivity contribution in [3.05, 3.63) is 12.2 Å². The SMILES string of the molecule is CCCCCCCCCC(CCCCCCCCC/C=C\CCCCCC=O)CCN(C)C. The maximum Gasteiger partial charge on any atom is 0.119 e. The third-order valence-electron chi connectivity index (χ3n) is 7.04. The highest BCUT2D eigenvalue weighted by Gasteiger charge is 2.09. The third-order valence-corrected chi connectivity index (χ3v) is 7.04. The van der Waals surface area contributed by atoms with Crippen LogP contribution in [0.5, 0.6) is 0 Å². The van der Waals surface area contributed by atoms with Crippen molar-refractivity contribution < 1.29 is 4.79 Å². The Morgan fingerprint density at radius 3 is 1.45 bits per heavy atom. The van der Waals surface area contributed by atoms with Crippen molar-refractivity contribution in [3.63, 3.8) is 0 Å². The molecule has 0 aliphatic carbocycles. The van der Waals surface area contributed by atoms with Crippen molar-refractivity contribution in [2.24, 2.45) is 5.92 Å². The fourth-order valence-corrected chi connectivity index (χ4v) is 4.75. The van der Waals surface area contributed by atoms with Gasteiger partial charge in [0, 0.05) is 6.42 Å². The standard InChI is InChI=1S/C31H61NO/c1-4-5-6-7-17-20-23-26-31(28-29-32(2)3)27-24-21-18-15-13-11-9-8-10-12-14-16-19-22-25-30-33/h10,12,30-31H,4-9,11,13-29H2,1-3H3/b12-10-. The van der Waals surface area contributed by atoms with Gasteiger partial charge in [-0.3, -0.25) is 0 Å². The van der Waals surface area contributed by atoms with Crippen molar-refractivity contribution in [1.82, 2.24) is 4.90 Å². The van der Waals surface area contributed by atoms with E-state index in [9.17, 15) is 4.79 Å².